The Morgan fingerprint density at radius 2 is 1.00 bits per heavy atom. The van der Waals surface area contributed by atoms with Crippen LogP contribution in [0.2, 0.25) is 8.87 Å². The van der Waals surface area contributed by atoms with Crippen LogP contribution in [0.3, 0.4) is 0 Å². The fourth-order valence-electron chi connectivity index (χ4n) is 3.06. The van der Waals surface area contributed by atoms with Gasteiger partial charge in [-0.05, 0) is 0 Å². The van der Waals surface area contributed by atoms with Gasteiger partial charge in [0.1, 0.15) is 0 Å². The predicted molar refractivity (Wildman–Crippen MR) is 117 cm³/mol. The second kappa shape index (κ2) is 23.8. The van der Waals surface area contributed by atoms with E-state index in [0.717, 1.165) is 19.6 Å². The predicted octanol–water partition coefficient (Wildman–Crippen LogP) is 7.80. The molecule has 0 spiro atoms. The van der Waals surface area contributed by atoms with E-state index in [4.69, 9.17) is 9.47 Å². The van der Waals surface area contributed by atoms with Gasteiger partial charge < -0.3 is 0 Å². The van der Waals surface area contributed by atoms with Crippen molar-refractivity contribution in [1.29, 1.82) is 0 Å². The molecule has 0 aromatic rings. The van der Waals surface area contributed by atoms with E-state index in [1.165, 1.54) is 98.8 Å². The number of ether oxygens (including phenoxy) is 2. The summed E-state index contributed by atoms with van der Waals surface area (Å²) in [7, 11) is 0. The zero-order valence-electron chi connectivity index (χ0n) is 18.3. The summed E-state index contributed by atoms with van der Waals surface area (Å²) in [5.74, 6) is 0. The van der Waals surface area contributed by atoms with Gasteiger partial charge in [-0.15, -0.1) is 0 Å². The summed E-state index contributed by atoms with van der Waals surface area (Å²) >= 11 is -0.159. The van der Waals surface area contributed by atoms with Crippen LogP contribution in [-0.2, 0) is 9.47 Å². The molecule has 3 heteroatoms. The van der Waals surface area contributed by atoms with Crippen LogP contribution in [0.1, 0.15) is 117 Å². The summed E-state index contributed by atoms with van der Waals surface area (Å²) in [6, 6.07) is 0. The van der Waals surface area contributed by atoms with Gasteiger partial charge in [-0.3, -0.25) is 0 Å². The summed E-state index contributed by atoms with van der Waals surface area (Å²) < 4.78 is 15.2. The second-order valence-corrected chi connectivity index (χ2v) is 11.9. The number of hydrogen-bond acceptors (Lipinski definition) is 2. The SMILES string of the molecule is CCCCCCCCOC(C[CH2][Sn][CH2]CCC)OCCCCCCCC. The average Bonchev–Trinajstić information content (AvgIpc) is 2.65. The Bertz CT molecular complexity index is 230. The number of hydrogen-bond donors (Lipinski definition) is 0. The number of unbranched alkanes of at least 4 members (excludes halogenated alkanes) is 11. The molecule has 0 fully saturated rings. The molecule has 0 saturated heterocycles. The molecule has 0 unspecified atom stereocenters. The summed E-state index contributed by atoms with van der Waals surface area (Å²) in [4.78, 5) is 0. The van der Waals surface area contributed by atoms with Gasteiger partial charge in [-0.1, -0.05) is 0 Å². The van der Waals surface area contributed by atoms with E-state index in [2.05, 4.69) is 20.8 Å². The maximum absolute atomic E-state index is 6.11. The van der Waals surface area contributed by atoms with Crippen molar-refractivity contribution in [3.05, 3.63) is 0 Å². The molecule has 0 aliphatic carbocycles. The normalized spacial score (nSPS) is 11.5. The van der Waals surface area contributed by atoms with E-state index in [0.29, 0.717) is 0 Å². The van der Waals surface area contributed by atoms with Gasteiger partial charge in [0, 0.05) is 0 Å². The van der Waals surface area contributed by atoms with Gasteiger partial charge >= 0.3 is 176 Å². The number of rotatable bonds is 22. The van der Waals surface area contributed by atoms with Crippen molar-refractivity contribution < 1.29 is 9.47 Å². The molecule has 156 valence electrons. The molecule has 0 aliphatic heterocycles. The van der Waals surface area contributed by atoms with Crippen LogP contribution in [0.4, 0.5) is 0 Å². The molecular formula is C23H48O2Sn. The zero-order valence-corrected chi connectivity index (χ0v) is 21.2. The van der Waals surface area contributed by atoms with Crippen LogP contribution in [-0.4, -0.2) is 40.6 Å². The molecule has 0 heterocycles. The minimum absolute atomic E-state index is 0.0869. The molecule has 0 N–H and O–H groups in total. The topological polar surface area (TPSA) is 18.5 Å². The van der Waals surface area contributed by atoms with Gasteiger partial charge in [0.25, 0.3) is 0 Å². The van der Waals surface area contributed by atoms with Gasteiger partial charge in [0.05, 0.1) is 0 Å². The van der Waals surface area contributed by atoms with E-state index in [1.54, 1.807) is 0 Å². The van der Waals surface area contributed by atoms with Gasteiger partial charge in [-0.2, -0.15) is 0 Å². The Balaban J connectivity index is 3.75. The molecule has 0 bridgehead atoms. The third-order valence-corrected chi connectivity index (χ3v) is 8.72. The fraction of sp³-hybridized carbons (Fsp3) is 1.00. The van der Waals surface area contributed by atoms with Gasteiger partial charge in [-0.25, -0.2) is 0 Å². The first-order valence-electron chi connectivity index (χ1n) is 11.8. The van der Waals surface area contributed by atoms with Crippen molar-refractivity contribution in [3.8, 4) is 0 Å². The molecule has 2 radical (unpaired) electrons. The van der Waals surface area contributed by atoms with Crippen molar-refractivity contribution in [2.45, 2.75) is 132 Å². The summed E-state index contributed by atoms with van der Waals surface area (Å²) in [5.41, 5.74) is 0. The molecule has 0 amide bonds. The van der Waals surface area contributed by atoms with Crippen molar-refractivity contribution in [1.82, 2.24) is 0 Å². The van der Waals surface area contributed by atoms with E-state index < -0.39 is 0 Å². The van der Waals surface area contributed by atoms with Crippen LogP contribution in [0.5, 0.6) is 0 Å². The molecule has 0 atom stereocenters. The molecule has 26 heavy (non-hydrogen) atoms. The third kappa shape index (κ3) is 21.0. The first kappa shape index (κ1) is 26.7. The Labute approximate surface area is 175 Å². The molecule has 2 nitrogen and oxygen atoms in total. The molecule has 0 rings (SSSR count). The minimum atomic E-state index is -0.159. The molecule has 0 aromatic carbocycles. The van der Waals surface area contributed by atoms with Crippen molar-refractivity contribution >= 4 is 21.1 Å². The summed E-state index contributed by atoms with van der Waals surface area (Å²) in [6.45, 7) is 8.65. The van der Waals surface area contributed by atoms with Gasteiger partial charge in [0.15, 0.2) is 0 Å². The Morgan fingerprint density at radius 3 is 1.50 bits per heavy atom. The van der Waals surface area contributed by atoms with E-state index in [-0.39, 0.29) is 27.4 Å². The first-order chi connectivity index (χ1) is 12.8. The van der Waals surface area contributed by atoms with Crippen LogP contribution in [0.25, 0.3) is 0 Å². The van der Waals surface area contributed by atoms with Crippen molar-refractivity contribution in [2.75, 3.05) is 13.2 Å². The standard InChI is InChI=1S/C19H39O2.C4H9.Sn/c1-4-7-9-11-13-15-17-20-19(6-3)21-18-16-14-12-10-8-5-2;1-3-4-2;/h19H,3-18H2,1-2H3;1,3-4H2,2H3;. The summed E-state index contributed by atoms with van der Waals surface area (Å²) in [6.07, 6.45) is 20.0. The maximum atomic E-state index is 6.11. The van der Waals surface area contributed by atoms with E-state index >= 15 is 0 Å². The van der Waals surface area contributed by atoms with E-state index in [1.807, 2.05) is 0 Å². The fourth-order valence-corrected chi connectivity index (χ4v) is 6.75. The Hall–Kier alpha value is 0.719. The second-order valence-electron chi connectivity index (χ2n) is 7.60. The van der Waals surface area contributed by atoms with Crippen LogP contribution in [0, 0.1) is 0 Å². The van der Waals surface area contributed by atoms with Crippen LogP contribution < -0.4 is 0 Å². The van der Waals surface area contributed by atoms with Crippen molar-refractivity contribution in [2.24, 2.45) is 0 Å². The molecular weight excluding hydrogens is 427 g/mol. The average molecular weight is 475 g/mol. The molecule has 0 saturated carbocycles. The third-order valence-electron chi connectivity index (χ3n) is 4.87. The van der Waals surface area contributed by atoms with Crippen molar-refractivity contribution in [3.63, 3.8) is 0 Å². The van der Waals surface area contributed by atoms with Crippen LogP contribution >= 0.6 is 0 Å². The quantitative estimate of drug-likeness (QED) is 0.0904. The molecule has 0 aromatic heterocycles. The Kier molecular flexibility index (Phi) is 24.4. The summed E-state index contributed by atoms with van der Waals surface area (Å²) in [5, 5.41) is 0. The Morgan fingerprint density at radius 1 is 0.538 bits per heavy atom. The van der Waals surface area contributed by atoms with Crippen LogP contribution in [0.15, 0.2) is 0 Å². The monoisotopic (exact) mass is 476 g/mol. The molecule has 0 aliphatic rings. The first-order valence-corrected chi connectivity index (χ1v) is 15.8. The van der Waals surface area contributed by atoms with Gasteiger partial charge in [0.2, 0.25) is 0 Å². The van der Waals surface area contributed by atoms with E-state index in [9.17, 15) is 0 Å². The zero-order chi connectivity index (χ0) is 19.1.